The van der Waals surface area contributed by atoms with Crippen molar-refractivity contribution in [3.8, 4) is 10.6 Å². The van der Waals surface area contributed by atoms with E-state index in [-0.39, 0.29) is 6.61 Å². The molecule has 0 amide bonds. The number of hydrogen-bond acceptors (Lipinski definition) is 3. The summed E-state index contributed by atoms with van der Waals surface area (Å²) in [6, 6.07) is 20.2. The van der Waals surface area contributed by atoms with Gasteiger partial charge in [0.2, 0.25) is 0 Å². The van der Waals surface area contributed by atoms with Crippen molar-refractivity contribution in [2.45, 2.75) is 13.2 Å². The van der Waals surface area contributed by atoms with Crippen molar-refractivity contribution in [3.05, 3.63) is 76.9 Å². The molecule has 0 radical (unpaired) electrons. The molecule has 0 spiro atoms. The fourth-order valence-corrected chi connectivity index (χ4v) is 4.04. The van der Waals surface area contributed by atoms with Crippen molar-refractivity contribution in [2.24, 2.45) is 0 Å². The van der Waals surface area contributed by atoms with E-state index in [1.165, 1.54) is 10.1 Å². The van der Waals surface area contributed by atoms with E-state index in [1.54, 1.807) is 11.3 Å². The summed E-state index contributed by atoms with van der Waals surface area (Å²) in [4.78, 5) is 1.13. The topological polar surface area (TPSA) is 38.0 Å². The molecule has 4 rings (SSSR count). The minimum atomic E-state index is -0.0760. The average molecular weight is 355 g/mol. The molecular formula is C19H15ClN2OS. The number of rotatable bonds is 4. The number of nitrogens with zero attached hydrogens (tertiary/aromatic N) is 2. The van der Waals surface area contributed by atoms with E-state index in [9.17, 15) is 5.11 Å². The average Bonchev–Trinajstić information content (AvgIpc) is 3.20. The van der Waals surface area contributed by atoms with Crippen LogP contribution in [0.3, 0.4) is 0 Å². The minimum Gasteiger partial charge on any atom is -0.390 e. The summed E-state index contributed by atoms with van der Waals surface area (Å²) in [5.74, 6) is 0. The molecule has 4 aromatic rings. The summed E-state index contributed by atoms with van der Waals surface area (Å²) in [7, 11) is 0. The van der Waals surface area contributed by atoms with E-state index in [1.807, 2.05) is 47.1 Å². The van der Waals surface area contributed by atoms with Crippen LogP contribution in [-0.2, 0) is 13.2 Å². The molecule has 0 atom stereocenters. The van der Waals surface area contributed by atoms with Crippen LogP contribution in [0.1, 0.15) is 11.3 Å². The number of fused-ring (bicyclic) bond motifs is 1. The zero-order valence-electron chi connectivity index (χ0n) is 12.8. The smallest absolute Gasteiger partial charge is 0.0885 e. The van der Waals surface area contributed by atoms with Crippen LogP contribution in [0.4, 0.5) is 0 Å². The molecule has 1 N–H and O–H groups in total. The van der Waals surface area contributed by atoms with E-state index in [0.29, 0.717) is 12.2 Å². The number of thiophene rings is 1. The quantitative estimate of drug-likeness (QED) is 0.562. The Hall–Kier alpha value is -2.14. The second-order valence-corrected chi connectivity index (χ2v) is 7.07. The molecule has 0 saturated heterocycles. The molecule has 3 nitrogen and oxygen atoms in total. The summed E-state index contributed by atoms with van der Waals surface area (Å²) in [5, 5.41) is 15.9. The molecule has 0 saturated carbocycles. The Kier molecular flexibility index (Phi) is 4.10. The molecule has 0 fully saturated rings. The lowest BCUT2D eigenvalue weighted by Gasteiger charge is -2.07. The Bertz CT molecular complexity index is 972. The van der Waals surface area contributed by atoms with Gasteiger partial charge in [0, 0.05) is 9.72 Å². The third kappa shape index (κ3) is 2.84. The van der Waals surface area contributed by atoms with Crippen LogP contribution in [0.2, 0.25) is 5.02 Å². The number of halogens is 1. The van der Waals surface area contributed by atoms with Gasteiger partial charge in [-0.25, -0.2) is 0 Å². The highest BCUT2D eigenvalue weighted by atomic mass is 35.5. The first-order valence-corrected chi connectivity index (χ1v) is 8.84. The maximum absolute atomic E-state index is 9.48. The third-order valence-corrected chi connectivity index (χ3v) is 5.46. The van der Waals surface area contributed by atoms with E-state index < -0.39 is 0 Å². The van der Waals surface area contributed by atoms with Crippen molar-refractivity contribution in [1.82, 2.24) is 9.78 Å². The summed E-state index contributed by atoms with van der Waals surface area (Å²) < 4.78 is 3.15. The van der Waals surface area contributed by atoms with Gasteiger partial charge in [-0.15, -0.1) is 11.3 Å². The molecule has 24 heavy (non-hydrogen) atoms. The Labute approximate surface area is 148 Å². The Morgan fingerprint density at radius 3 is 2.62 bits per heavy atom. The lowest BCUT2D eigenvalue weighted by Crippen LogP contribution is -2.04. The van der Waals surface area contributed by atoms with Crippen LogP contribution in [0.25, 0.3) is 20.7 Å². The molecule has 5 heteroatoms. The van der Waals surface area contributed by atoms with Gasteiger partial charge in [0.15, 0.2) is 0 Å². The van der Waals surface area contributed by atoms with Crippen molar-refractivity contribution in [1.29, 1.82) is 0 Å². The zero-order valence-corrected chi connectivity index (χ0v) is 14.4. The molecule has 0 aliphatic carbocycles. The van der Waals surface area contributed by atoms with Crippen molar-refractivity contribution in [3.63, 3.8) is 0 Å². The summed E-state index contributed by atoms with van der Waals surface area (Å²) in [5.41, 5.74) is 2.67. The summed E-state index contributed by atoms with van der Waals surface area (Å²) in [6.45, 7) is 0.497. The molecule has 0 unspecified atom stereocenters. The fourth-order valence-electron chi connectivity index (χ4n) is 2.76. The Balaban J connectivity index is 1.80. The maximum Gasteiger partial charge on any atom is 0.0885 e. The first kappa shape index (κ1) is 15.4. The first-order chi connectivity index (χ1) is 11.7. The van der Waals surface area contributed by atoms with Gasteiger partial charge in [0.05, 0.1) is 29.4 Å². The normalized spacial score (nSPS) is 11.2. The van der Waals surface area contributed by atoms with Crippen LogP contribution >= 0.6 is 22.9 Å². The van der Waals surface area contributed by atoms with E-state index >= 15 is 0 Å². The maximum atomic E-state index is 9.48. The molecular weight excluding hydrogens is 340 g/mol. The molecule has 0 aliphatic rings. The summed E-state index contributed by atoms with van der Waals surface area (Å²) >= 11 is 8.02. The van der Waals surface area contributed by atoms with Crippen LogP contribution < -0.4 is 0 Å². The SMILES string of the molecule is OCc1cc(-c2cc3ccccc3s2)n(Cc2ccccc2Cl)n1. The lowest BCUT2D eigenvalue weighted by molar-refractivity contribution is 0.275. The molecule has 0 aliphatic heterocycles. The number of aliphatic hydroxyl groups is 1. The Morgan fingerprint density at radius 1 is 1.04 bits per heavy atom. The number of aromatic nitrogens is 2. The monoisotopic (exact) mass is 354 g/mol. The standard InChI is InChI=1S/C19H15ClN2OS/c20-16-7-3-1-6-14(16)11-22-17(10-15(12-23)21-22)19-9-13-5-2-4-8-18(13)24-19/h1-10,23H,11-12H2. The minimum absolute atomic E-state index is 0.0760. The fraction of sp³-hybridized carbons (Fsp3) is 0.105. The largest absolute Gasteiger partial charge is 0.390 e. The molecule has 2 heterocycles. The highest BCUT2D eigenvalue weighted by Gasteiger charge is 2.14. The number of benzene rings is 2. The predicted molar refractivity (Wildman–Crippen MR) is 99.5 cm³/mol. The van der Waals surface area contributed by atoms with Gasteiger partial charge in [-0.3, -0.25) is 4.68 Å². The van der Waals surface area contributed by atoms with E-state index in [2.05, 4.69) is 23.3 Å². The lowest BCUT2D eigenvalue weighted by atomic mass is 10.2. The van der Waals surface area contributed by atoms with E-state index in [0.717, 1.165) is 21.2 Å². The van der Waals surface area contributed by atoms with Gasteiger partial charge in [-0.2, -0.15) is 5.10 Å². The van der Waals surface area contributed by atoms with Crippen LogP contribution in [0.15, 0.2) is 60.7 Å². The van der Waals surface area contributed by atoms with Crippen molar-refractivity contribution >= 4 is 33.0 Å². The van der Waals surface area contributed by atoms with Crippen LogP contribution in [0, 0.1) is 0 Å². The summed E-state index contributed by atoms with van der Waals surface area (Å²) in [6.07, 6.45) is 0. The van der Waals surface area contributed by atoms with Gasteiger partial charge in [-0.1, -0.05) is 48.0 Å². The van der Waals surface area contributed by atoms with Crippen LogP contribution in [-0.4, -0.2) is 14.9 Å². The van der Waals surface area contributed by atoms with Crippen molar-refractivity contribution in [2.75, 3.05) is 0 Å². The third-order valence-electron chi connectivity index (χ3n) is 3.95. The molecule has 120 valence electrons. The molecule has 2 aromatic carbocycles. The highest BCUT2D eigenvalue weighted by Crippen LogP contribution is 2.34. The van der Waals surface area contributed by atoms with Gasteiger partial charge < -0.3 is 5.11 Å². The van der Waals surface area contributed by atoms with Gasteiger partial charge in [0.1, 0.15) is 0 Å². The first-order valence-electron chi connectivity index (χ1n) is 7.64. The zero-order chi connectivity index (χ0) is 16.5. The van der Waals surface area contributed by atoms with Gasteiger partial charge in [0.25, 0.3) is 0 Å². The highest BCUT2D eigenvalue weighted by molar-refractivity contribution is 7.22. The van der Waals surface area contributed by atoms with Gasteiger partial charge in [-0.05, 0) is 35.2 Å². The van der Waals surface area contributed by atoms with Gasteiger partial charge >= 0.3 is 0 Å². The second kappa shape index (κ2) is 6.40. The molecule has 0 bridgehead atoms. The van der Waals surface area contributed by atoms with Crippen LogP contribution in [0.5, 0.6) is 0 Å². The van der Waals surface area contributed by atoms with Crippen molar-refractivity contribution < 1.29 is 5.11 Å². The second-order valence-electron chi connectivity index (χ2n) is 5.58. The number of hydrogen-bond donors (Lipinski definition) is 1. The van der Waals surface area contributed by atoms with E-state index in [4.69, 9.17) is 11.6 Å². The predicted octanol–water partition coefficient (Wildman–Crippen LogP) is 4.96. The molecule has 2 aromatic heterocycles. The number of aliphatic hydroxyl groups excluding tert-OH is 1. The Morgan fingerprint density at radius 2 is 1.83 bits per heavy atom.